The zero-order valence-corrected chi connectivity index (χ0v) is 14.6. The summed E-state index contributed by atoms with van der Waals surface area (Å²) in [7, 11) is 0. The highest BCUT2D eigenvalue weighted by Crippen LogP contribution is 2.47. The maximum atomic E-state index is 6.31. The van der Waals surface area contributed by atoms with Crippen molar-refractivity contribution in [2.75, 3.05) is 0 Å². The van der Waals surface area contributed by atoms with Crippen molar-refractivity contribution in [2.24, 2.45) is 0 Å². The van der Waals surface area contributed by atoms with Gasteiger partial charge in [-0.15, -0.1) is 0 Å². The second-order valence-corrected chi connectivity index (χ2v) is 7.32. The molecule has 0 bridgehead atoms. The van der Waals surface area contributed by atoms with E-state index < -0.39 is 5.79 Å². The maximum absolute atomic E-state index is 6.31. The lowest BCUT2D eigenvalue weighted by Crippen LogP contribution is -2.37. The van der Waals surface area contributed by atoms with E-state index in [0.29, 0.717) is 6.04 Å². The highest BCUT2D eigenvalue weighted by Gasteiger charge is 2.56. The molecule has 2 aromatic carbocycles. The van der Waals surface area contributed by atoms with Crippen LogP contribution in [0.4, 0.5) is 0 Å². The molecule has 2 aromatic rings. The van der Waals surface area contributed by atoms with Gasteiger partial charge in [-0.25, -0.2) is 0 Å². The van der Waals surface area contributed by atoms with Crippen LogP contribution in [0.3, 0.4) is 0 Å². The zero-order valence-electron chi connectivity index (χ0n) is 14.6. The molecule has 0 N–H and O–H groups in total. The number of likely N-dealkylation sites (tertiary alicyclic amines) is 1. The molecule has 0 saturated carbocycles. The summed E-state index contributed by atoms with van der Waals surface area (Å²) in [6.45, 7) is 7.19. The maximum Gasteiger partial charge on any atom is 0.163 e. The summed E-state index contributed by atoms with van der Waals surface area (Å²) >= 11 is 0. The van der Waals surface area contributed by atoms with Crippen LogP contribution in [-0.4, -0.2) is 28.9 Å². The summed E-state index contributed by atoms with van der Waals surface area (Å²) < 4.78 is 12.6. The SMILES string of the molecule is C[C@@H]1[C@H]2OC(C)(C)O[C@H]2[C@H](c2ccccc2)N1Cc1ccccc1. The van der Waals surface area contributed by atoms with Gasteiger partial charge < -0.3 is 9.47 Å². The van der Waals surface area contributed by atoms with Crippen molar-refractivity contribution in [1.29, 1.82) is 0 Å². The van der Waals surface area contributed by atoms with E-state index in [1.807, 2.05) is 13.8 Å². The van der Waals surface area contributed by atoms with Gasteiger partial charge in [0.05, 0.1) is 6.04 Å². The predicted octanol–water partition coefficient (Wildman–Crippen LogP) is 4.15. The monoisotopic (exact) mass is 323 g/mol. The number of hydrogen-bond donors (Lipinski definition) is 0. The Labute approximate surface area is 144 Å². The molecule has 0 amide bonds. The molecule has 2 saturated heterocycles. The van der Waals surface area contributed by atoms with Crippen LogP contribution in [0.5, 0.6) is 0 Å². The van der Waals surface area contributed by atoms with Gasteiger partial charge in [-0.1, -0.05) is 60.7 Å². The summed E-state index contributed by atoms with van der Waals surface area (Å²) in [6.07, 6.45) is 0.176. The van der Waals surface area contributed by atoms with Gasteiger partial charge in [0.25, 0.3) is 0 Å². The Balaban J connectivity index is 1.69. The minimum absolute atomic E-state index is 0.0705. The van der Waals surface area contributed by atoms with Crippen LogP contribution in [-0.2, 0) is 16.0 Å². The first-order chi connectivity index (χ1) is 11.6. The third kappa shape index (κ3) is 2.77. The number of benzene rings is 2. The van der Waals surface area contributed by atoms with Gasteiger partial charge in [-0.2, -0.15) is 0 Å². The lowest BCUT2D eigenvalue weighted by atomic mass is 10.0. The van der Waals surface area contributed by atoms with Gasteiger partial charge >= 0.3 is 0 Å². The van der Waals surface area contributed by atoms with E-state index in [9.17, 15) is 0 Å². The molecule has 4 atom stereocenters. The third-order valence-corrected chi connectivity index (χ3v) is 5.18. The summed E-state index contributed by atoms with van der Waals surface area (Å²) in [5, 5.41) is 0. The number of ether oxygens (including phenoxy) is 2. The molecule has 0 spiro atoms. The molecule has 2 heterocycles. The topological polar surface area (TPSA) is 21.7 Å². The van der Waals surface area contributed by atoms with Crippen LogP contribution in [0.1, 0.15) is 37.9 Å². The van der Waals surface area contributed by atoms with Gasteiger partial charge in [0.15, 0.2) is 5.79 Å². The summed E-state index contributed by atoms with van der Waals surface area (Å²) in [6, 6.07) is 21.8. The van der Waals surface area contributed by atoms with Crippen LogP contribution in [0.25, 0.3) is 0 Å². The highest BCUT2D eigenvalue weighted by molar-refractivity contribution is 5.26. The molecule has 2 aliphatic rings. The fourth-order valence-corrected chi connectivity index (χ4v) is 4.13. The Morgan fingerprint density at radius 3 is 2.12 bits per heavy atom. The van der Waals surface area contributed by atoms with Crippen molar-refractivity contribution < 1.29 is 9.47 Å². The average Bonchev–Trinajstić information content (AvgIpc) is 3.02. The molecule has 0 aliphatic carbocycles. The zero-order chi connectivity index (χ0) is 16.7. The van der Waals surface area contributed by atoms with E-state index >= 15 is 0 Å². The van der Waals surface area contributed by atoms with Crippen molar-refractivity contribution >= 4 is 0 Å². The fourth-order valence-electron chi connectivity index (χ4n) is 4.13. The molecule has 4 rings (SSSR count). The van der Waals surface area contributed by atoms with E-state index in [0.717, 1.165) is 6.54 Å². The molecular weight excluding hydrogens is 298 g/mol. The average molecular weight is 323 g/mol. The molecule has 0 radical (unpaired) electrons. The number of fused-ring (bicyclic) bond motifs is 1. The standard InChI is InChI=1S/C21H25NO2/c1-15-19-20(24-21(2,3)23-19)18(17-12-8-5-9-13-17)22(15)14-16-10-6-4-7-11-16/h4-13,15,18-20H,14H2,1-3H3/t15-,18+,19-,20+/m1/s1. The molecule has 0 unspecified atom stereocenters. The summed E-state index contributed by atoms with van der Waals surface area (Å²) in [4.78, 5) is 2.52. The second kappa shape index (κ2) is 5.99. The van der Waals surface area contributed by atoms with Crippen LogP contribution in [0, 0.1) is 0 Å². The Hall–Kier alpha value is -1.68. The molecule has 24 heavy (non-hydrogen) atoms. The van der Waals surface area contributed by atoms with Crippen molar-refractivity contribution in [3.05, 3.63) is 71.8 Å². The minimum atomic E-state index is -0.505. The molecule has 2 fully saturated rings. The highest BCUT2D eigenvalue weighted by atomic mass is 16.8. The first kappa shape index (κ1) is 15.8. The quantitative estimate of drug-likeness (QED) is 0.847. The van der Waals surface area contributed by atoms with Crippen LogP contribution >= 0.6 is 0 Å². The van der Waals surface area contributed by atoms with Crippen molar-refractivity contribution in [2.45, 2.75) is 57.4 Å². The molecule has 0 aromatic heterocycles. The third-order valence-electron chi connectivity index (χ3n) is 5.18. The van der Waals surface area contributed by atoms with E-state index in [4.69, 9.17) is 9.47 Å². The Kier molecular flexibility index (Phi) is 3.95. The number of hydrogen-bond acceptors (Lipinski definition) is 3. The molecule has 3 heteroatoms. The van der Waals surface area contributed by atoms with E-state index in [-0.39, 0.29) is 18.2 Å². The van der Waals surface area contributed by atoms with Gasteiger partial charge in [0.2, 0.25) is 0 Å². The smallest absolute Gasteiger partial charge is 0.163 e. The second-order valence-electron chi connectivity index (χ2n) is 7.32. The Morgan fingerprint density at radius 2 is 1.46 bits per heavy atom. The minimum Gasteiger partial charge on any atom is -0.343 e. The van der Waals surface area contributed by atoms with Crippen molar-refractivity contribution in [3.8, 4) is 0 Å². The number of nitrogens with zero attached hydrogens (tertiary/aromatic N) is 1. The van der Waals surface area contributed by atoms with Crippen molar-refractivity contribution in [3.63, 3.8) is 0 Å². The molecule has 3 nitrogen and oxygen atoms in total. The van der Waals surface area contributed by atoms with Gasteiger partial charge in [0.1, 0.15) is 12.2 Å². The first-order valence-electron chi connectivity index (χ1n) is 8.75. The van der Waals surface area contributed by atoms with E-state index in [2.05, 4.69) is 72.5 Å². The largest absolute Gasteiger partial charge is 0.343 e. The van der Waals surface area contributed by atoms with Gasteiger partial charge in [0, 0.05) is 12.6 Å². The first-order valence-corrected chi connectivity index (χ1v) is 8.75. The molecule has 2 aliphatic heterocycles. The predicted molar refractivity (Wildman–Crippen MR) is 94.5 cm³/mol. The van der Waals surface area contributed by atoms with E-state index in [1.54, 1.807) is 0 Å². The van der Waals surface area contributed by atoms with Crippen LogP contribution < -0.4 is 0 Å². The summed E-state index contributed by atoms with van der Waals surface area (Å²) in [5.41, 5.74) is 2.62. The van der Waals surface area contributed by atoms with E-state index in [1.165, 1.54) is 11.1 Å². The lowest BCUT2D eigenvalue weighted by Gasteiger charge is -2.33. The van der Waals surface area contributed by atoms with Crippen LogP contribution in [0.2, 0.25) is 0 Å². The van der Waals surface area contributed by atoms with Gasteiger partial charge in [-0.05, 0) is 31.9 Å². The molecular formula is C21H25NO2. The number of rotatable bonds is 3. The Morgan fingerprint density at radius 1 is 0.875 bits per heavy atom. The van der Waals surface area contributed by atoms with Gasteiger partial charge in [-0.3, -0.25) is 4.90 Å². The fraction of sp³-hybridized carbons (Fsp3) is 0.429. The van der Waals surface area contributed by atoms with Crippen LogP contribution in [0.15, 0.2) is 60.7 Å². The molecule has 126 valence electrons. The Bertz CT molecular complexity index is 685. The normalized spacial score (nSPS) is 32.0. The lowest BCUT2D eigenvalue weighted by molar-refractivity contribution is -0.168. The van der Waals surface area contributed by atoms with Crippen molar-refractivity contribution in [1.82, 2.24) is 4.90 Å². The summed E-state index contributed by atoms with van der Waals surface area (Å²) in [5.74, 6) is -0.505.